The van der Waals surface area contributed by atoms with E-state index >= 15 is 0 Å². The molecule has 0 aromatic heterocycles. The highest BCUT2D eigenvalue weighted by atomic mass is 127. The van der Waals surface area contributed by atoms with Crippen molar-refractivity contribution in [3.63, 3.8) is 0 Å². The molecule has 0 saturated heterocycles. The van der Waals surface area contributed by atoms with Crippen molar-refractivity contribution in [2.24, 2.45) is 0 Å². The fourth-order valence-electron chi connectivity index (χ4n) is 0.161. The van der Waals surface area contributed by atoms with E-state index in [1.807, 2.05) is 0 Å². The minimum atomic E-state index is -5.70. The first-order valence-corrected chi connectivity index (χ1v) is 3.13. The number of hydrogen-bond acceptors (Lipinski definition) is 1. The topological polar surface area (TPSA) is 20.2 Å². The van der Waals surface area contributed by atoms with E-state index in [1.165, 1.54) is 0 Å². The number of rotatable bonds is 0. The van der Waals surface area contributed by atoms with Gasteiger partial charge in [-0.25, -0.2) is 0 Å². The van der Waals surface area contributed by atoms with E-state index in [1.54, 1.807) is 0 Å². The molecule has 0 aromatic rings. The van der Waals surface area contributed by atoms with Gasteiger partial charge < -0.3 is 5.11 Å². The average molecular weight is 294 g/mol. The summed E-state index contributed by atoms with van der Waals surface area (Å²) in [5.41, 5.74) is 0. The molecule has 0 fully saturated rings. The fourth-order valence-corrected chi connectivity index (χ4v) is 0.161. The third kappa shape index (κ3) is 2.10. The van der Waals surface area contributed by atoms with Crippen LogP contribution in [-0.4, -0.2) is 21.1 Å². The number of aliphatic hydroxyl groups is 1. The van der Waals surface area contributed by atoms with Crippen LogP contribution in [0.5, 0.6) is 0 Å². The van der Waals surface area contributed by atoms with Gasteiger partial charge >= 0.3 is 16.0 Å². The summed E-state index contributed by atoms with van der Waals surface area (Å²) >= 11 is -0.105. The van der Waals surface area contributed by atoms with Crippen molar-refractivity contribution >= 4 is 22.6 Å². The average Bonchev–Trinajstić information content (AvgIpc) is 1.58. The summed E-state index contributed by atoms with van der Waals surface area (Å²) in [5, 5.41) is 7.92. The van der Waals surface area contributed by atoms with Crippen molar-refractivity contribution in [2.45, 2.75) is 16.0 Å². The molecule has 8 heteroatoms. The highest BCUT2D eigenvalue weighted by Crippen LogP contribution is 2.47. The molecule has 0 aliphatic heterocycles. The van der Waals surface area contributed by atoms with Crippen LogP contribution in [-0.2, 0) is 0 Å². The van der Waals surface area contributed by atoms with Gasteiger partial charge in [0.2, 0.25) is 0 Å². The second kappa shape index (κ2) is 2.64. The summed E-state index contributed by atoms with van der Waals surface area (Å²) in [6.07, 6.45) is -11.4. The molecule has 0 aromatic carbocycles. The first kappa shape index (κ1) is 11.3. The Morgan fingerprint density at radius 1 is 0.818 bits per heavy atom. The molecule has 1 nitrogen and oxygen atoms in total. The predicted octanol–water partition coefficient (Wildman–Crippen LogP) is 2.23. The Morgan fingerprint density at radius 3 is 1.00 bits per heavy atom. The second-order valence-electron chi connectivity index (χ2n) is 1.62. The van der Waals surface area contributed by atoms with E-state index in [2.05, 4.69) is 0 Å². The van der Waals surface area contributed by atoms with Crippen molar-refractivity contribution in [1.82, 2.24) is 0 Å². The monoisotopic (exact) mass is 294 g/mol. The number of halogens is 7. The third-order valence-corrected chi connectivity index (χ3v) is 1.97. The van der Waals surface area contributed by atoms with Crippen molar-refractivity contribution in [3.05, 3.63) is 0 Å². The molecule has 68 valence electrons. The Kier molecular flexibility index (Phi) is 2.71. The molecule has 0 aliphatic carbocycles. The van der Waals surface area contributed by atoms with Gasteiger partial charge in [-0.1, -0.05) is 0 Å². The minimum Gasteiger partial charge on any atom is -0.365 e. The number of alkyl halides is 7. The molecule has 11 heavy (non-hydrogen) atoms. The summed E-state index contributed by atoms with van der Waals surface area (Å²) in [5.74, 6) is 0. The Labute approximate surface area is 70.5 Å². The smallest absolute Gasteiger partial charge is 0.365 e. The summed E-state index contributed by atoms with van der Waals surface area (Å²) < 4.78 is 63.5. The molecule has 0 heterocycles. The van der Waals surface area contributed by atoms with Gasteiger partial charge in [-0.15, -0.1) is 0 Å². The van der Waals surface area contributed by atoms with Gasteiger partial charge in [0, 0.05) is 0 Å². The molecule has 0 bridgehead atoms. The maximum Gasteiger partial charge on any atom is 0.435 e. The van der Waals surface area contributed by atoms with E-state index in [-0.39, 0.29) is 22.6 Å². The SMILES string of the molecule is OC(I)(C(F)(F)F)C(F)(F)F. The van der Waals surface area contributed by atoms with Gasteiger partial charge in [0.1, 0.15) is 0 Å². The first-order chi connectivity index (χ1) is 4.50. The largest absolute Gasteiger partial charge is 0.435 e. The van der Waals surface area contributed by atoms with Crippen LogP contribution in [0, 0.1) is 0 Å². The lowest BCUT2D eigenvalue weighted by molar-refractivity contribution is -0.318. The predicted molar refractivity (Wildman–Crippen MR) is 31.1 cm³/mol. The lowest BCUT2D eigenvalue weighted by Crippen LogP contribution is -2.51. The van der Waals surface area contributed by atoms with Gasteiger partial charge in [0.25, 0.3) is 0 Å². The van der Waals surface area contributed by atoms with Gasteiger partial charge in [-0.2, -0.15) is 26.3 Å². The highest BCUT2D eigenvalue weighted by Gasteiger charge is 2.69. The zero-order valence-electron chi connectivity index (χ0n) is 4.59. The van der Waals surface area contributed by atoms with Crippen molar-refractivity contribution in [3.8, 4) is 0 Å². The standard InChI is InChI=1S/C3HF6IO/c4-2(5,6)1(10,11)3(7,8)9/h11H. The van der Waals surface area contributed by atoms with Crippen molar-refractivity contribution < 1.29 is 31.4 Å². The maximum atomic E-state index is 11.4. The summed E-state index contributed by atoms with van der Waals surface area (Å²) in [6, 6.07) is 0. The zero-order chi connectivity index (χ0) is 9.50. The lowest BCUT2D eigenvalue weighted by Gasteiger charge is -2.26. The maximum absolute atomic E-state index is 11.4. The molecule has 0 rings (SSSR count). The third-order valence-electron chi connectivity index (χ3n) is 0.751. The fraction of sp³-hybridized carbons (Fsp3) is 1.00. The van der Waals surface area contributed by atoms with Crippen LogP contribution in [0.1, 0.15) is 0 Å². The molecule has 0 amide bonds. The molecular weight excluding hydrogens is 293 g/mol. The van der Waals surface area contributed by atoms with Crippen LogP contribution in [0.15, 0.2) is 0 Å². The minimum absolute atomic E-state index is 0.105. The quantitative estimate of drug-likeness (QED) is 0.413. The number of hydrogen-bond donors (Lipinski definition) is 1. The van der Waals surface area contributed by atoms with Crippen LogP contribution in [0.4, 0.5) is 26.3 Å². The molecule has 0 radical (unpaired) electrons. The molecule has 0 atom stereocenters. The zero-order valence-corrected chi connectivity index (χ0v) is 6.75. The lowest BCUT2D eigenvalue weighted by atomic mass is 10.3. The summed E-state index contributed by atoms with van der Waals surface area (Å²) in [6.45, 7) is 0. The molecule has 0 spiro atoms. The highest BCUT2D eigenvalue weighted by molar-refractivity contribution is 14.1. The van der Waals surface area contributed by atoms with Gasteiger partial charge in [0.15, 0.2) is 0 Å². The van der Waals surface area contributed by atoms with Crippen molar-refractivity contribution in [1.29, 1.82) is 0 Å². The van der Waals surface area contributed by atoms with Crippen LogP contribution >= 0.6 is 22.6 Å². The van der Waals surface area contributed by atoms with E-state index in [0.29, 0.717) is 0 Å². The van der Waals surface area contributed by atoms with Crippen molar-refractivity contribution in [2.75, 3.05) is 0 Å². The van der Waals surface area contributed by atoms with E-state index in [4.69, 9.17) is 5.11 Å². The Hall–Kier alpha value is 0.270. The van der Waals surface area contributed by atoms with E-state index in [9.17, 15) is 26.3 Å². The Bertz CT molecular complexity index is 129. The molecule has 0 unspecified atom stereocenters. The molecule has 0 aliphatic rings. The Morgan fingerprint density at radius 2 is 1.00 bits per heavy atom. The second-order valence-corrected chi connectivity index (χ2v) is 3.18. The Balaban J connectivity index is 4.75. The van der Waals surface area contributed by atoms with Crippen LogP contribution < -0.4 is 0 Å². The summed E-state index contributed by atoms with van der Waals surface area (Å²) in [4.78, 5) is 0. The van der Waals surface area contributed by atoms with E-state index in [0.717, 1.165) is 0 Å². The van der Waals surface area contributed by atoms with E-state index < -0.39 is 16.0 Å². The van der Waals surface area contributed by atoms with Crippen LogP contribution in [0.3, 0.4) is 0 Å². The first-order valence-electron chi connectivity index (χ1n) is 2.05. The molecule has 0 saturated carbocycles. The normalized spacial score (nSPS) is 15.3. The van der Waals surface area contributed by atoms with Crippen LogP contribution in [0.25, 0.3) is 0 Å². The van der Waals surface area contributed by atoms with Gasteiger partial charge in [0.05, 0.1) is 0 Å². The molecule has 1 N–H and O–H groups in total. The van der Waals surface area contributed by atoms with Crippen LogP contribution in [0.2, 0.25) is 0 Å². The van der Waals surface area contributed by atoms with Gasteiger partial charge in [-0.05, 0) is 22.6 Å². The van der Waals surface area contributed by atoms with Gasteiger partial charge in [-0.3, -0.25) is 0 Å². The summed E-state index contributed by atoms with van der Waals surface area (Å²) in [7, 11) is 0. The molecular formula is C3HF6IO.